The van der Waals surface area contributed by atoms with Crippen molar-refractivity contribution in [3.8, 4) is 10.6 Å². The predicted molar refractivity (Wildman–Crippen MR) is 93.2 cm³/mol. The number of anilines is 1. The topological polar surface area (TPSA) is 79.3 Å². The normalized spacial score (nSPS) is 11.4. The van der Waals surface area contributed by atoms with Gasteiger partial charge in [0.15, 0.2) is 0 Å². The second-order valence-corrected chi connectivity index (χ2v) is 7.81. The SMILES string of the molecule is O=S(=O)(O)c1ccc(NSc2csc(-c3ccc(F)cc3)n2)cc1. The maximum absolute atomic E-state index is 12.9. The van der Waals surface area contributed by atoms with Crippen molar-refractivity contribution in [1.29, 1.82) is 0 Å². The van der Waals surface area contributed by atoms with Crippen molar-refractivity contribution in [2.75, 3.05) is 4.72 Å². The zero-order valence-electron chi connectivity index (χ0n) is 12.0. The number of aromatic nitrogens is 1. The minimum absolute atomic E-state index is 0.162. The smallest absolute Gasteiger partial charge is 0.294 e. The first-order chi connectivity index (χ1) is 11.4. The molecule has 0 aliphatic carbocycles. The Balaban J connectivity index is 1.66. The van der Waals surface area contributed by atoms with Gasteiger partial charge in [0.1, 0.15) is 15.9 Å². The van der Waals surface area contributed by atoms with Crippen LogP contribution in [0.5, 0.6) is 0 Å². The van der Waals surface area contributed by atoms with Gasteiger partial charge >= 0.3 is 0 Å². The molecule has 0 bridgehead atoms. The number of rotatable bonds is 5. The summed E-state index contributed by atoms with van der Waals surface area (Å²) in [6.07, 6.45) is 0. The van der Waals surface area contributed by atoms with Crippen LogP contribution in [0.25, 0.3) is 10.6 Å². The highest BCUT2D eigenvalue weighted by Gasteiger charge is 2.09. The lowest BCUT2D eigenvalue weighted by molar-refractivity contribution is 0.483. The van der Waals surface area contributed by atoms with Crippen molar-refractivity contribution in [3.63, 3.8) is 0 Å². The Morgan fingerprint density at radius 3 is 2.38 bits per heavy atom. The number of nitrogens with zero attached hydrogens (tertiary/aromatic N) is 1. The van der Waals surface area contributed by atoms with E-state index in [1.165, 1.54) is 47.6 Å². The van der Waals surface area contributed by atoms with Gasteiger partial charge < -0.3 is 4.72 Å². The van der Waals surface area contributed by atoms with E-state index in [0.29, 0.717) is 5.69 Å². The average Bonchev–Trinajstić information content (AvgIpc) is 3.02. The molecule has 1 aromatic heterocycles. The number of halogens is 1. The van der Waals surface area contributed by atoms with E-state index in [1.54, 1.807) is 24.3 Å². The maximum atomic E-state index is 12.9. The molecule has 2 N–H and O–H groups in total. The highest BCUT2D eigenvalue weighted by molar-refractivity contribution is 8.00. The van der Waals surface area contributed by atoms with Gasteiger partial charge in [-0.2, -0.15) is 8.42 Å². The largest absolute Gasteiger partial charge is 0.324 e. The zero-order chi connectivity index (χ0) is 17.2. The summed E-state index contributed by atoms with van der Waals surface area (Å²) in [6, 6.07) is 11.8. The van der Waals surface area contributed by atoms with Crippen LogP contribution in [0.1, 0.15) is 0 Å². The van der Waals surface area contributed by atoms with Crippen molar-refractivity contribution in [2.24, 2.45) is 0 Å². The van der Waals surface area contributed by atoms with E-state index in [1.807, 2.05) is 5.38 Å². The monoisotopic (exact) mass is 382 g/mol. The van der Waals surface area contributed by atoms with E-state index >= 15 is 0 Å². The van der Waals surface area contributed by atoms with Crippen molar-refractivity contribution >= 4 is 39.1 Å². The molecular formula is C15H11FN2O3S3. The maximum Gasteiger partial charge on any atom is 0.294 e. The lowest BCUT2D eigenvalue weighted by Gasteiger charge is -2.04. The van der Waals surface area contributed by atoms with E-state index in [0.717, 1.165) is 15.6 Å². The molecule has 0 unspecified atom stereocenters. The summed E-state index contributed by atoms with van der Waals surface area (Å²) in [5.74, 6) is -0.292. The molecule has 3 aromatic rings. The quantitative estimate of drug-likeness (QED) is 0.505. The fraction of sp³-hybridized carbons (Fsp3) is 0. The Labute approximate surface area is 146 Å². The summed E-state index contributed by atoms with van der Waals surface area (Å²) in [5.41, 5.74) is 1.51. The standard InChI is InChI=1S/C15H11FN2O3S3/c16-11-3-1-10(2-4-11)15-17-14(9-22-15)23-18-12-5-7-13(8-6-12)24(19,20)21/h1-9,18H,(H,19,20,21). The van der Waals surface area contributed by atoms with Crippen molar-refractivity contribution < 1.29 is 17.4 Å². The molecular weight excluding hydrogens is 371 g/mol. The lowest BCUT2D eigenvalue weighted by Crippen LogP contribution is -1.97. The molecule has 0 amide bonds. The summed E-state index contributed by atoms with van der Waals surface area (Å²) in [4.78, 5) is 4.28. The second kappa shape index (κ2) is 6.89. The molecule has 2 aromatic carbocycles. The third kappa shape index (κ3) is 4.12. The Morgan fingerprint density at radius 2 is 1.75 bits per heavy atom. The van der Waals surface area contributed by atoms with Crippen LogP contribution < -0.4 is 4.72 Å². The highest BCUT2D eigenvalue weighted by atomic mass is 32.2. The van der Waals surface area contributed by atoms with Crippen LogP contribution in [-0.4, -0.2) is 18.0 Å². The Bertz CT molecular complexity index is 939. The van der Waals surface area contributed by atoms with Gasteiger partial charge in [-0.1, -0.05) is 0 Å². The fourth-order valence-electron chi connectivity index (χ4n) is 1.84. The Morgan fingerprint density at radius 1 is 1.08 bits per heavy atom. The minimum atomic E-state index is -4.19. The van der Waals surface area contributed by atoms with Gasteiger partial charge in [0.2, 0.25) is 0 Å². The molecule has 0 saturated heterocycles. The molecule has 0 spiro atoms. The van der Waals surface area contributed by atoms with Crippen molar-refractivity contribution in [2.45, 2.75) is 9.92 Å². The van der Waals surface area contributed by atoms with E-state index in [4.69, 9.17) is 4.55 Å². The number of nitrogens with one attached hydrogen (secondary N) is 1. The molecule has 0 aliphatic rings. The summed E-state index contributed by atoms with van der Waals surface area (Å²) < 4.78 is 46.9. The van der Waals surface area contributed by atoms with Crippen LogP contribution in [0.15, 0.2) is 63.8 Å². The molecule has 1 heterocycles. The van der Waals surface area contributed by atoms with Crippen LogP contribution in [0, 0.1) is 5.82 Å². The highest BCUT2D eigenvalue weighted by Crippen LogP contribution is 2.29. The van der Waals surface area contributed by atoms with Gasteiger partial charge in [-0.15, -0.1) is 11.3 Å². The number of hydrogen-bond acceptors (Lipinski definition) is 6. The van der Waals surface area contributed by atoms with Gasteiger partial charge in [-0.05, 0) is 48.5 Å². The van der Waals surface area contributed by atoms with E-state index in [2.05, 4.69) is 9.71 Å². The van der Waals surface area contributed by atoms with Crippen LogP contribution in [-0.2, 0) is 10.1 Å². The van der Waals surface area contributed by atoms with Gasteiger partial charge in [0.25, 0.3) is 10.1 Å². The fourth-order valence-corrected chi connectivity index (χ4v) is 3.90. The van der Waals surface area contributed by atoms with Crippen molar-refractivity contribution in [1.82, 2.24) is 4.98 Å². The first-order valence-electron chi connectivity index (χ1n) is 6.64. The van der Waals surface area contributed by atoms with Gasteiger partial charge in [-0.25, -0.2) is 9.37 Å². The van der Waals surface area contributed by atoms with E-state index < -0.39 is 10.1 Å². The number of hydrogen-bond donors (Lipinski definition) is 2. The van der Waals surface area contributed by atoms with Crippen LogP contribution >= 0.6 is 23.3 Å². The minimum Gasteiger partial charge on any atom is -0.324 e. The Hall–Kier alpha value is -1.94. The van der Waals surface area contributed by atoms with E-state index in [9.17, 15) is 12.8 Å². The molecule has 0 fully saturated rings. The molecule has 5 nitrogen and oxygen atoms in total. The zero-order valence-corrected chi connectivity index (χ0v) is 14.5. The molecule has 0 radical (unpaired) electrons. The molecule has 0 aliphatic heterocycles. The summed E-state index contributed by atoms with van der Waals surface area (Å²) in [7, 11) is -4.19. The van der Waals surface area contributed by atoms with Gasteiger partial charge in [0.05, 0.1) is 4.90 Å². The van der Waals surface area contributed by atoms with E-state index in [-0.39, 0.29) is 10.7 Å². The summed E-state index contributed by atoms with van der Waals surface area (Å²) in [6.45, 7) is 0. The van der Waals surface area contributed by atoms with Crippen LogP contribution in [0.3, 0.4) is 0 Å². The molecule has 0 saturated carbocycles. The van der Waals surface area contributed by atoms with Crippen LogP contribution in [0.2, 0.25) is 0 Å². The molecule has 3 rings (SSSR count). The van der Waals surface area contributed by atoms with Crippen molar-refractivity contribution in [3.05, 3.63) is 59.7 Å². The molecule has 0 atom stereocenters. The predicted octanol–water partition coefficient (Wildman–Crippen LogP) is 4.32. The second-order valence-electron chi connectivity index (χ2n) is 4.70. The molecule has 9 heteroatoms. The van der Waals surface area contributed by atoms with Gasteiger partial charge in [0, 0.05) is 28.6 Å². The lowest BCUT2D eigenvalue weighted by atomic mass is 10.2. The average molecular weight is 382 g/mol. The summed E-state index contributed by atoms with van der Waals surface area (Å²) >= 11 is 2.71. The van der Waals surface area contributed by atoms with Gasteiger partial charge in [-0.3, -0.25) is 4.55 Å². The third-order valence-corrected chi connectivity index (χ3v) is 5.66. The molecule has 24 heavy (non-hydrogen) atoms. The first kappa shape index (κ1) is 16.9. The molecule has 124 valence electrons. The first-order valence-corrected chi connectivity index (χ1v) is 9.77. The summed E-state index contributed by atoms with van der Waals surface area (Å²) in [5, 5.41) is 3.38. The van der Waals surface area contributed by atoms with Crippen LogP contribution in [0.4, 0.5) is 10.1 Å². The Kier molecular flexibility index (Phi) is 4.86. The number of benzene rings is 2. The number of thiazole rings is 1. The third-order valence-electron chi connectivity index (χ3n) is 3.00.